The summed E-state index contributed by atoms with van der Waals surface area (Å²) in [7, 11) is -1.40. The van der Waals surface area contributed by atoms with Gasteiger partial charge >= 0.3 is 0 Å². The summed E-state index contributed by atoms with van der Waals surface area (Å²) in [5.41, 5.74) is -0.135. The molecule has 0 amide bonds. The summed E-state index contributed by atoms with van der Waals surface area (Å²) in [6.07, 6.45) is 1.91. The molecule has 0 unspecified atom stereocenters. The number of rotatable bonds is 5. The van der Waals surface area contributed by atoms with Crippen LogP contribution in [0.5, 0.6) is 0 Å². The molecule has 3 heterocycles. The van der Waals surface area contributed by atoms with Gasteiger partial charge < -0.3 is 9.64 Å². The molecule has 2 aliphatic heterocycles. The molecule has 24 heavy (non-hydrogen) atoms. The number of hydrogen-bond donors (Lipinski definition) is 1. The molecule has 136 valence electrons. The zero-order chi connectivity index (χ0) is 17.2. The standard InChI is InChI=1S/C15H24ClN3O3S2/c1-18-6-4-15(5-7-18,19-8-10-22-11-9-19)12-17-24(20,21)14-3-2-13(16)23-14/h2-3,17H,4-12H2,1H3. The number of nitrogens with one attached hydrogen (secondary N) is 1. The van der Waals surface area contributed by atoms with Gasteiger partial charge in [-0.3, -0.25) is 4.90 Å². The van der Waals surface area contributed by atoms with E-state index >= 15 is 0 Å². The largest absolute Gasteiger partial charge is 0.379 e. The van der Waals surface area contributed by atoms with E-state index in [1.165, 1.54) is 0 Å². The first kappa shape index (κ1) is 18.6. The highest BCUT2D eigenvalue weighted by Crippen LogP contribution is 2.30. The van der Waals surface area contributed by atoms with Gasteiger partial charge in [-0.25, -0.2) is 13.1 Å². The van der Waals surface area contributed by atoms with Crippen molar-refractivity contribution in [2.24, 2.45) is 0 Å². The minimum absolute atomic E-state index is 0.135. The Balaban J connectivity index is 1.74. The van der Waals surface area contributed by atoms with Crippen molar-refractivity contribution in [1.82, 2.24) is 14.5 Å². The topological polar surface area (TPSA) is 61.9 Å². The van der Waals surface area contributed by atoms with Gasteiger partial charge in [0, 0.05) is 25.2 Å². The predicted octanol–water partition coefficient (Wildman–Crippen LogP) is 1.48. The lowest BCUT2D eigenvalue weighted by molar-refractivity contribution is -0.0427. The molecule has 3 rings (SSSR count). The fraction of sp³-hybridized carbons (Fsp3) is 0.733. The van der Waals surface area contributed by atoms with Crippen LogP contribution >= 0.6 is 22.9 Å². The number of nitrogens with zero attached hydrogens (tertiary/aromatic N) is 2. The lowest BCUT2D eigenvalue weighted by Crippen LogP contribution is -2.62. The first-order valence-corrected chi connectivity index (χ1v) is 10.9. The lowest BCUT2D eigenvalue weighted by atomic mass is 9.85. The van der Waals surface area contributed by atoms with Crippen LogP contribution in [0.2, 0.25) is 4.34 Å². The van der Waals surface area contributed by atoms with E-state index in [1.54, 1.807) is 12.1 Å². The van der Waals surface area contributed by atoms with Crippen molar-refractivity contribution in [2.75, 3.05) is 53.0 Å². The van der Waals surface area contributed by atoms with Gasteiger partial charge in [-0.1, -0.05) is 11.6 Å². The van der Waals surface area contributed by atoms with Gasteiger partial charge in [0.2, 0.25) is 10.0 Å². The van der Waals surface area contributed by atoms with Crippen LogP contribution in [0, 0.1) is 0 Å². The number of ether oxygens (including phenoxy) is 1. The fourth-order valence-electron chi connectivity index (χ4n) is 3.42. The highest BCUT2D eigenvalue weighted by Gasteiger charge is 2.40. The summed E-state index contributed by atoms with van der Waals surface area (Å²) >= 11 is 6.97. The zero-order valence-corrected chi connectivity index (χ0v) is 16.2. The first-order valence-electron chi connectivity index (χ1n) is 8.18. The third kappa shape index (κ3) is 4.12. The fourth-order valence-corrected chi connectivity index (χ4v) is 6.07. The molecule has 2 fully saturated rings. The van der Waals surface area contributed by atoms with Crippen molar-refractivity contribution in [3.63, 3.8) is 0 Å². The number of hydrogen-bond acceptors (Lipinski definition) is 6. The Bertz CT molecular complexity index is 651. The smallest absolute Gasteiger partial charge is 0.250 e. The minimum Gasteiger partial charge on any atom is -0.379 e. The summed E-state index contributed by atoms with van der Waals surface area (Å²) in [6, 6.07) is 3.18. The van der Waals surface area contributed by atoms with Gasteiger partial charge in [-0.15, -0.1) is 11.3 Å². The van der Waals surface area contributed by atoms with Gasteiger partial charge in [0.15, 0.2) is 0 Å². The molecule has 9 heteroatoms. The minimum atomic E-state index is -3.52. The van der Waals surface area contributed by atoms with Gasteiger partial charge in [0.25, 0.3) is 0 Å². The van der Waals surface area contributed by atoms with Crippen molar-refractivity contribution >= 4 is 33.0 Å². The van der Waals surface area contributed by atoms with Crippen molar-refractivity contribution < 1.29 is 13.2 Å². The maximum atomic E-state index is 12.6. The summed E-state index contributed by atoms with van der Waals surface area (Å²) in [5, 5.41) is 0. The maximum absolute atomic E-state index is 12.6. The number of thiophene rings is 1. The first-order chi connectivity index (χ1) is 11.4. The van der Waals surface area contributed by atoms with Crippen LogP contribution in [0.4, 0.5) is 0 Å². The number of halogens is 1. The van der Waals surface area contributed by atoms with Gasteiger partial charge in [0.05, 0.1) is 17.6 Å². The molecule has 2 aliphatic rings. The second-order valence-electron chi connectivity index (χ2n) is 6.51. The Morgan fingerprint density at radius 1 is 1.25 bits per heavy atom. The van der Waals surface area contributed by atoms with E-state index in [2.05, 4.69) is 21.6 Å². The highest BCUT2D eigenvalue weighted by molar-refractivity contribution is 7.91. The molecule has 1 aromatic heterocycles. The normalized spacial score (nSPS) is 23.4. The van der Waals surface area contributed by atoms with E-state index in [0.717, 1.165) is 50.4 Å². The van der Waals surface area contributed by atoms with Crippen LogP contribution in [0.1, 0.15) is 12.8 Å². The van der Waals surface area contributed by atoms with Gasteiger partial charge in [-0.05, 0) is 45.1 Å². The second-order valence-corrected chi connectivity index (χ2v) is 10.2. The van der Waals surface area contributed by atoms with Crippen molar-refractivity contribution in [1.29, 1.82) is 0 Å². The quantitative estimate of drug-likeness (QED) is 0.820. The molecular formula is C15H24ClN3O3S2. The molecule has 0 aromatic carbocycles. The third-order valence-corrected chi connectivity index (χ3v) is 8.13. The Labute approximate surface area is 152 Å². The molecule has 0 bridgehead atoms. The average molecular weight is 394 g/mol. The van der Waals surface area contributed by atoms with E-state index in [9.17, 15) is 8.42 Å². The number of likely N-dealkylation sites (tertiary alicyclic amines) is 1. The molecular weight excluding hydrogens is 370 g/mol. The molecule has 1 aromatic rings. The maximum Gasteiger partial charge on any atom is 0.250 e. The van der Waals surface area contributed by atoms with Crippen LogP contribution in [0.15, 0.2) is 16.3 Å². The summed E-state index contributed by atoms with van der Waals surface area (Å²) in [5.74, 6) is 0. The monoisotopic (exact) mass is 393 g/mol. The highest BCUT2D eigenvalue weighted by atomic mass is 35.5. The number of morpholine rings is 1. The van der Waals surface area contributed by atoms with Crippen LogP contribution in [-0.2, 0) is 14.8 Å². The Hall–Kier alpha value is -0.220. The lowest BCUT2D eigenvalue weighted by Gasteiger charge is -2.49. The SMILES string of the molecule is CN1CCC(CNS(=O)(=O)c2ccc(Cl)s2)(N2CCOCC2)CC1. The molecule has 0 aliphatic carbocycles. The van der Waals surface area contributed by atoms with Crippen molar-refractivity contribution in [2.45, 2.75) is 22.6 Å². The average Bonchev–Trinajstić information content (AvgIpc) is 3.03. The summed E-state index contributed by atoms with van der Waals surface area (Å²) in [4.78, 5) is 4.71. The van der Waals surface area contributed by atoms with E-state index in [-0.39, 0.29) is 9.75 Å². The molecule has 0 spiro atoms. The second kappa shape index (κ2) is 7.57. The van der Waals surface area contributed by atoms with Crippen LogP contribution in [0.3, 0.4) is 0 Å². The Kier molecular flexibility index (Phi) is 5.86. The number of sulfonamides is 1. The van der Waals surface area contributed by atoms with E-state index in [4.69, 9.17) is 16.3 Å². The molecule has 0 atom stereocenters. The Morgan fingerprint density at radius 3 is 2.50 bits per heavy atom. The molecule has 1 N–H and O–H groups in total. The molecule has 6 nitrogen and oxygen atoms in total. The van der Waals surface area contributed by atoms with Crippen molar-refractivity contribution in [3.05, 3.63) is 16.5 Å². The Morgan fingerprint density at radius 2 is 1.92 bits per heavy atom. The summed E-state index contributed by atoms with van der Waals surface area (Å²) < 4.78 is 34.2. The van der Waals surface area contributed by atoms with Crippen LogP contribution in [0.25, 0.3) is 0 Å². The van der Waals surface area contributed by atoms with E-state index < -0.39 is 10.0 Å². The molecule has 2 saturated heterocycles. The summed E-state index contributed by atoms with van der Waals surface area (Å²) in [6.45, 7) is 5.52. The number of piperidine rings is 1. The van der Waals surface area contributed by atoms with Crippen molar-refractivity contribution in [3.8, 4) is 0 Å². The predicted molar refractivity (Wildman–Crippen MR) is 96.4 cm³/mol. The van der Waals surface area contributed by atoms with Gasteiger partial charge in [0.1, 0.15) is 4.21 Å². The van der Waals surface area contributed by atoms with Crippen LogP contribution in [-0.4, -0.2) is 76.7 Å². The third-order valence-electron chi connectivity index (χ3n) is 5.00. The van der Waals surface area contributed by atoms with E-state index in [0.29, 0.717) is 24.1 Å². The molecule has 0 radical (unpaired) electrons. The van der Waals surface area contributed by atoms with Gasteiger partial charge in [-0.2, -0.15) is 0 Å². The van der Waals surface area contributed by atoms with Crippen LogP contribution < -0.4 is 4.72 Å². The zero-order valence-electron chi connectivity index (χ0n) is 13.8. The molecule has 0 saturated carbocycles. The van der Waals surface area contributed by atoms with E-state index in [1.807, 2.05) is 0 Å².